The molecule has 21 heavy (non-hydrogen) atoms. The molecule has 7 heteroatoms. The van der Waals surface area contributed by atoms with Gasteiger partial charge in [0.2, 0.25) is 6.29 Å². The second-order valence-corrected chi connectivity index (χ2v) is 4.77. The Balaban J connectivity index is 2.13. The first-order chi connectivity index (χ1) is 9.86. The zero-order valence-electron chi connectivity index (χ0n) is 12.0. The van der Waals surface area contributed by atoms with E-state index in [1.54, 1.807) is 6.92 Å². The standard InChI is InChI=1S/C14H16O7/c1-7-4-5-11(20-13(7)18-8(2)15)10-6-12(17)21-14(10)19-9(3)16/h4,6,11,13-14H,5H2,1-3H3/t11-,13-,14+/m0/s1. The summed E-state index contributed by atoms with van der Waals surface area (Å²) in [7, 11) is 0. The van der Waals surface area contributed by atoms with E-state index >= 15 is 0 Å². The predicted octanol–water partition coefficient (Wildman–Crippen LogP) is 0.983. The fraction of sp³-hybridized carbons (Fsp3) is 0.500. The SMILES string of the molecule is CC(=O)O[C@H]1O[C@H](C2=CC(=O)O[C@H]2OC(C)=O)CC=C1C. The minimum absolute atomic E-state index is 0.399. The summed E-state index contributed by atoms with van der Waals surface area (Å²) in [4.78, 5) is 33.5. The minimum atomic E-state index is -1.09. The Hall–Kier alpha value is -2.15. The van der Waals surface area contributed by atoms with Crippen molar-refractivity contribution in [1.29, 1.82) is 0 Å². The quantitative estimate of drug-likeness (QED) is 0.566. The van der Waals surface area contributed by atoms with Gasteiger partial charge in [-0.05, 0) is 18.9 Å². The van der Waals surface area contributed by atoms with Crippen molar-refractivity contribution in [3.8, 4) is 0 Å². The number of hydrogen-bond acceptors (Lipinski definition) is 7. The third-order valence-corrected chi connectivity index (χ3v) is 3.01. The Morgan fingerprint density at radius 1 is 1.19 bits per heavy atom. The summed E-state index contributed by atoms with van der Waals surface area (Å²) in [6.45, 7) is 4.28. The molecule has 0 fully saturated rings. The number of cyclic esters (lactones) is 1. The lowest BCUT2D eigenvalue weighted by Gasteiger charge is -2.30. The van der Waals surface area contributed by atoms with E-state index in [2.05, 4.69) is 0 Å². The van der Waals surface area contributed by atoms with E-state index in [0.717, 1.165) is 5.57 Å². The minimum Gasteiger partial charge on any atom is -0.432 e. The van der Waals surface area contributed by atoms with Gasteiger partial charge in [-0.25, -0.2) is 4.79 Å². The lowest BCUT2D eigenvalue weighted by Crippen LogP contribution is -2.35. The first kappa shape index (κ1) is 15.2. The van der Waals surface area contributed by atoms with E-state index in [1.165, 1.54) is 19.9 Å². The van der Waals surface area contributed by atoms with Crippen LogP contribution in [0.3, 0.4) is 0 Å². The third-order valence-electron chi connectivity index (χ3n) is 3.01. The molecule has 0 radical (unpaired) electrons. The predicted molar refractivity (Wildman–Crippen MR) is 68.5 cm³/mol. The molecule has 0 aliphatic carbocycles. The highest BCUT2D eigenvalue weighted by Gasteiger charge is 2.37. The van der Waals surface area contributed by atoms with Gasteiger partial charge in [0.25, 0.3) is 6.29 Å². The fourth-order valence-electron chi connectivity index (χ4n) is 2.09. The van der Waals surface area contributed by atoms with Gasteiger partial charge < -0.3 is 18.9 Å². The second-order valence-electron chi connectivity index (χ2n) is 4.77. The van der Waals surface area contributed by atoms with Crippen LogP contribution < -0.4 is 0 Å². The molecule has 0 spiro atoms. The molecule has 114 valence electrons. The van der Waals surface area contributed by atoms with E-state index in [0.29, 0.717) is 12.0 Å². The molecule has 3 atom stereocenters. The maximum Gasteiger partial charge on any atom is 0.334 e. The maximum atomic E-state index is 11.4. The van der Waals surface area contributed by atoms with Crippen LogP contribution in [0, 0.1) is 0 Å². The van der Waals surface area contributed by atoms with E-state index < -0.39 is 36.6 Å². The third kappa shape index (κ3) is 3.69. The second kappa shape index (κ2) is 6.09. The number of hydrogen-bond donors (Lipinski definition) is 0. The molecular weight excluding hydrogens is 280 g/mol. The Morgan fingerprint density at radius 3 is 2.43 bits per heavy atom. The monoisotopic (exact) mass is 296 g/mol. The summed E-state index contributed by atoms with van der Waals surface area (Å²) >= 11 is 0. The summed E-state index contributed by atoms with van der Waals surface area (Å²) in [6.07, 6.45) is 1.06. The fourth-order valence-corrected chi connectivity index (χ4v) is 2.09. The average Bonchev–Trinajstić information content (AvgIpc) is 2.71. The van der Waals surface area contributed by atoms with Crippen molar-refractivity contribution in [2.24, 2.45) is 0 Å². The van der Waals surface area contributed by atoms with Gasteiger partial charge in [-0.15, -0.1) is 0 Å². The molecule has 0 aromatic rings. The Bertz CT molecular complexity index is 531. The Kier molecular flexibility index (Phi) is 4.42. The highest BCUT2D eigenvalue weighted by molar-refractivity contribution is 5.86. The molecule has 2 rings (SSSR count). The largest absolute Gasteiger partial charge is 0.432 e. The molecule has 0 saturated heterocycles. The van der Waals surface area contributed by atoms with Crippen LogP contribution in [-0.4, -0.2) is 36.6 Å². The van der Waals surface area contributed by atoms with Gasteiger partial charge >= 0.3 is 17.9 Å². The molecule has 0 amide bonds. The molecule has 2 aliphatic heterocycles. The van der Waals surface area contributed by atoms with Gasteiger partial charge in [-0.2, -0.15) is 0 Å². The van der Waals surface area contributed by atoms with Gasteiger partial charge in [0.1, 0.15) is 0 Å². The van der Waals surface area contributed by atoms with Crippen molar-refractivity contribution in [2.45, 2.75) is 45.9 Å². The maximum absolute atomic E-state index is 11.4. The molecule has 0 aromatic carbocycles. The van der Waals surface area contributed by atoms with Crippen LogP contribution in [0.2, 0.25) is 0 Å². The topological polar surface area (TPSA) is 88.1 Å². The van der Waals surface area contributed by atoms with Crippen LogP contribution in [0.4, 0.5) is 0 Å². The summed E-state index contributed by atoms with van der Waals surface area (Å²) in [5.74, 6) is -1.65. The zero-order valence-corrected chi connectivity index (χ0v) is 12.0. The summed E-state index contributed by atoms with van der Waals surface area (Å²) in [5.41, 5.74) is 1.16. The van der Waals surface area contributed by atoms with Crippen LogP contribution >= 0.6 is 0 Å². The van der Waals surface area contributed by atoms with Crippen LogP contribution in [0.1, 0.15) is 27.2 Å². The number of carbonyl (C=O) groups is 3. The smallest absolute Gasteiger partial charge is 0.334 e. The molecule has 7 nitrogen and oxygen atoms in total. The average molecular weight is 296 g/mol. The lowest BCUT2D eigenvalue weighted by atomic mass is 10.0. The summed E-state index contributed by atoms with van der Waals surface area (Å²) < 4.78 is 20.5. The Morgan fingerprint density at radius 2 is 1.81 bits per heavy atom. The number of carbonyl (C=O) groups excluding carboxylic acids is 3. The molecule has 2 aliphatic rings. The highest BCUT2D eigenvalue weighted by atomic mass is 16.7. The molecule has 2 heterocycles. The van der Waals surface area contributed by atoms with Gasteiger partial charge in [0.15, 0.2) is 0 Å². The highest BCUT2D eigenvalue weighted by Crippen LogP contribution is 2.30. The molecule has 0 N–H and O–H groups in total. The van der Waals surface area contributed by atoms with Crippen LogP contribution in [-0.2, 0) is 33.3 Å². The van der Waals surface area contributed by atoms with Crippen molar-refractivity contribution < 1.29 is 33.3 Å². The van der Waals surface area contributed by atoms with Gasteiger partial charge in [-0.1, -0.05) is 6.08 Å². The lowest BCUT2D eigenvalue weighted by molar-refractivity contribution is -0.183. The van der Waals surface area contributed by atoms with E-state index in [4.69, 9.17) is 18.9 Å². The number of rotatable bonds is 3. The molecule has 0 bridgehead atoms. The van der Waals surface area contributed by atoms with Crippen LogP contribution in [0.15, 0.2) is 23.3 Å². The number of esters is 3. The van der Waals surface area contributed by atoms with E-state index in [9.17, 15) is 14.4 Å². The van der Waals surface area contributed by atoms with Gasteiger partial charge in [0, 0.05) is 25.5 Å². The number of ether oxygens (including phenoxy) is 4. The van der Waals surface area contributed by atoms with Crippen molar-refractivity contribution in [3.63, 3.8) is 0 Å². The van der Waals surface area contributed by atoms with Gasteiger partial charge in [-0.3, -0.25) is 9.59 Å². The summed E-state index contributed by atoms with van der Waals surface area (Å²) in [5, 5.41) is 0. The van der Waals surface area contributed by atoms with Crippen LogP contribution in [0.5, 0.6) is 0 Å². The zero-order chi connectivity index (χ0) is 15.6. The van der Waals surface area contributed by atoms with Crippen molar-refractivity contribution >= 4 is 17.9 Å². The first-order valence-electron chi connectivity index (χ1n) is 6.45. The van der Waals surface area contributed by atoms with E-state index in [-0.39, 0.29) is 0 Å². The van der Waals surface area contributed by atoms with Crippen molar-refractivity contribution in [2.75, 3.05) is 0 Å². The van der Waals surface area contributed by atoms with Crippen molar-refractivity contribution in [1.82, 2.24) is 0 Å². The molecule has 0 aromatic heterocycles. The Labute approximate surface area is 121 Å². The molecule has 0 unspecified atom stereocenters. The van der Waals surface area contributed by atoms with Gasteiger partial charge in [0.05, 0.1) is 6.10 Å². The molecular formula is C14H16O7. The van der Waals surface area contributed by atoms with Crippen molar-refractivity contribution in [3.05, 3.63) is 23.3 Å². The molecule has 0 saturated carbocycles. The summed E-state index contributed by atoms with van der Waals surface area (Å²) in [6, 6.07) is 0. The first-order valence-corrected chi connectivity index (χ1v) is 6.45. The normalized spacial score (nSPS) is 28.3. The van der Waals surface area contributed by atoms with Crippen LogP contribution in [0.25, 0.3) is 0 Å². The van der Waals surface area contributed by atoms with E-state index in [1.807, 2.05) is 6.08 Å².